The molecular weight excluding hydrogens is 221 g/mol. The fraction of sp³-hybridized carbons (Fsp3) is 0.417. The number of hydroxylamine groups is 1. The first-order valence-electron chi connectivity index (χ1n) is 5.41. The molecule has 0 fully saturated rings. The van der Waals surface area contributed by atoms with E-state index < -0.39 is 12.4 Å². The van der Waals surface area contributed by atoms with Crippen molar-refractivity contribution >= 4 is 18.7 Å². The molecule has 1 aliphatic rings. The molecule has 0 saturated heterocycles. The molecular formula is C12H16NO2P. The fourth-order valence-electron chi connectivity index (χ4n) is 2.15. The van der Waals surface area contributed by atoms with Crippen molar-refractivity contribution in [3.8, 4) is 0 Å². The van der Waals surface area contributed by atoms with Crippen molar-refractivity contribution in [2.75, 3.05) is 6.66 Å². The fourth-order valence-corrected chi connectivity index (χ4v) is 4.47. The third-order valence-electron chi connectivity index (χ3n) is 3.56. The molecule has 0 N–H and O–H groups in total. The van der Waals surface area contributed by atoms with Gasteiger partial charge in [0, 0.05) is 25.1 Å². The van der Waals surface area contributed by atoms with Crippen molar-refractivity contribution in [2.45, 2.75) is 25.0 Å². The Hall–Kier alpha value is -1.08. The lowest BCUT2D eigenvalue weighted by Gasteiger charge is -2.30. The third kappa shape index (κ3) is 1.51. The third-order valence-corrected chi connectivity index (χ3v) is 7.10. The van der Waals surface area contributed by atoms with Crippen LogP contribution in [0.3, 0.4) is 0 Å². The molecule has 2 atom stereocenters. The lowest BCUT2D eigenvalue weighted by atomic mass is 10.2. The van der Waals surface area contributed by atoms with Gasteiger partial charge in [-0.2, -0.15) is 0 Å². The minimum Gasteiger partial charge on any atom is -0.623 e. The van der Waals surface area contributed by atoms with E-state index in [-0.39, 0.29) is 0 Å². The molecule has 0 radical (unpaired) electrons. The first-order chi connectivity index (χ1) is 7.48. The minimum atomic E-state index is -2.68. The Kier molecular flexibility index (Phi) is 2.67. The van der Waals surface area contributed by atoms with Gasteiger partial charge in [0.15, 0.2) is 13.4 Å². The maximum Gasteiger partial charge on any atom is 0.224 e. The van der Waals surface area contributed by atoms with Crippen molar-refractivity contribution in [3.05, 3.63) is 35.5 Å². The summed E-state index contributed by atoms with van der Waals surface area (Å²) >= 11 is 0. The zero-order valence-electron chi connectivity index (χ0n) is 9.59. The molecule has 0 aliphatic carbocycles. The number of rotatable bonds is 2. The Labute approximate surface area is 95.8 Å². The van der Waals surface area contributed by atoms with Crippen molar-refractivity contribution in [3.63, 3.8) is 0 Å². The van der Waals surface area contributed by atoms with Crippen molar-refractivity contribution in [1.82, 2.24) is 0 Å². The van der Waals surface area contributed by atoms with Gasteiger partial charge in [-0.1, -0.05) is 30.3 Å². The van der Waals surface area contributed by atoms with E-state index in [1.165, 1.54) is 0 Å². The summed E-state index contributed by atoms with van der Waals surface area (Å²) < 4.78 is 13.8. The summed E-state index contributed by atoms with van der Waals surface area (Å²) in [5.74, 6) is 0. The van der Waals surface area contributed by atoms with Crippen LogP contribution in [0.1, 0.15) is 19.8 Å². The summed E-state index contributed by atoms with van der Waals surface area (Å²) in [4.78, 5) is 0. The molecule has 1 aromatic rings. The van der Waals surface area contributed by atoms with Crippen LogP contribution in [0.2, 0.25) is 0 Å². The van der Waals surface area contributed by atoms with Crippen LogP contribution in [0.15, 0.2) is 30.3 Å². The van der Waals surface area contributed by atoms with Crippen molar-refractivity contribution in [1.29, 1.82) is 0 Å². The van der Waals surface area contributed by atoms with E-state index in [9.17, 15) is 9.77 Å². The first-order valence-corrected chi connectivity index (χ1v) is 7.57. The second-order valence-electron chi connectivity index (χ2n) is 4.52. The van der Waals surface area contributed by atoms with Gasteiger partial charge in [-0.3, -0.25) is 0 Å². The number of hydrogen-bond donors (Lipinski definition) is 0. The Bertz CT molecular complexity index is 469. The van der Waals surface area contributed by atoms with E-state index in [1.54, 1.807) is 19.8 Å². The molecule has 0 saturated carbocycles. The maximum absolute atomic E-state index is 12.9. The Morgan fingerprint density at radius 3 is 2.50 bits per heavy atom. The van der Waals surface area contributed by atoms with E-state index in [4.69, 9.17) is 0 Å². The van der Waals surface area contributed by atoms with Gasteiger partial charge < -0.3 is 9.77 Å². The highest BCUT2D eigenvalue weighted by atomic mass is 31.2. The average molecular weight is 237 g/mol. The quantitative estimate of drug-likeness (QED) is 0.450. The van der Waals surface area contributed by atoms with Gasteiger partial charge in [0.1, 0.15) is 0 Å². The van der Waals surface area contributed by atoms with E-state index in [1.807, 2.05) is 30.3 Å². The Morgan fingerprint density at radius 1 is 1.38 bits per heavy atom. The van der Waals surface area contributed by atoms with Gasteiger partial charge in [-0.25, -0.2) is 4.74 Å². The molecule has 4 heteroatoms. The van der Waals surface area contributed by atoms with Crippen molar-refractivity contribution in [2.24, 2.45) is 0 Å². The molecule has 0 amide bonds. The molecule has 1 heterocycles. The highest BCUT2D eigenvalue weighted by Crippen LogP contribution is 2.57. The normalized spacial score (nSPS) is 28.5. The lowest BCUT2D eigenvalue weighted by molar-refractivity contribution is -0.502. The van der Waals surface area contributed by atoms with Gasteiger partial charge in [0.2, 0.25) is 5.28 Å². The van der Waals surface area contributed by atoms with Crippen LogP contribution in [-0.4, -0.2) is 22.9 Å². The van der Waals surface area contributed by atoms with Gasteiger partial charge in [0.25, 0.3) is 0 Å². The first kappa shape index (κ1) is 11.4. The van der Waals surface area contributed by atoms with Crippen LogP contribution in [-0.2, 0) is 4.57 Å². The summed E-state index contributed by atoms with van der Waals surface area (Å²) in [6.45, 7) is 3.52. The van der Waals surface area contributed by atoms with Crippen LogP contribution < -0.4 is 5.30 Å². The zero-order chi connectivity index (χ0) is 11.8. The van der Waals surface area contributed by atoms with Gasteiger partial charge in [0.05, 0.1) is 0 Å². The topological polar surface area (TPSA) is 43.1 Å². The summed E-state index contributed by atoms with van der Waals surface area (Å²) in [5, 5.41) is 11.8. The summed E-state index contributed by atoms with van der Waals surface area (Å²) in [7, 11) is -2.68. The lowest BCUT2D eigenvalue weighted by Crippen LogP contribution is -2.35. The van der Waals surface area contributed by atoms with Crippen LogP contribution >= 0.6 is 7.14 Å². The SMILES string of the molecule is CC1(P(C)(=O)c2ccccc2)CCC=[N+]1[O-]. The molecule has 2 unspecified atom stereocenters. The molecule has 3 nitrogen and oxygen atoms in total. The minimum absolute atomic E-state index is 0.666. The molecule has 16 heavy (non-hydrogen) atoms. The maximum atomic E-state index is 12.9. The molecule has 2 rings (SSSR count). The standard InChI is InChI=1S/C12H16NO2P/c1-12(9-6-10-13(12)14)16(2,15)11-7-4-3-5-8-11/h3-5,7-8,10H,6,9H2,1-2H3. The predicted octanol–water partition coefficient (Wildman–Crippen LogP) is 2.40. The Balaban J connectivity index is 2.48. The smallest absolute Gasteiger partial charge is 0.224 e. The summed E-state index contributed by atoms with van der Waals surface area (Å²) in [6, 6.07) is 9.31. The van der Waals surface area contributed by atoms with Crippen molar-refractivity contribution < 1.29 is 9.30 Å². The van der Waals surface area contributed by atoms with Gasteiger partial charge >= 0.3 is 0 Å². The van der Waals surface area contributed by atoms with E-state index in [2.05, 4.69) is 0 Å². The molecule has 0 bridgehead atoms. The van der Waals surface area contributed by atoms with Gasteiger partial charge in [-0.15, -0.1) is 0 Å². The number of nitrogens with zero attached hydrogens (tertiary/aromatic N) is 1. The highest BCUT2D eigenvalue weighted by molar-refractivity contribution is 7.72. The molecule has 1 aromatic carbocycles. The monoisotopic (exact) mass is 237 g/mol. The largest absolute Gasteiger partial charge is 0.623 e. The molecule has 86 valence electrons. The van der Waals surface area contributed by atoms with E-state index in [0.29, 0.717) is 12.8 Å². The predicted molar refractivity (Wildman–Crippen MR) is 66.9 cm³/mol. The molecule has 1 aliphatic heterocycles. The van der Waals surface area contributed by atoms with Crippen LogP contribution in [0.4, 0.5) is 0 Å². The summed E-state index contributed by atoms with van der Waals surface area (Å²) in [6.07, 6.45) is 2.98. The average Bonchev–Trinajstić information content (AvgIpc) is 2.62. The van der Waals surface area contributed by atoms with E-state index >= 15 is 0 Å². The van der Waals surface area contributed by atoms with Gasteiger partial charge in [-0.05, 0) is 6.66 Å². The van der Waals surface area contributed by atoms with E-state index in [0.717, 1.165) is 10.0 Å². The summed E-state index contributed by atoms with van der Waals surface area (Å²) in [5.41, 5.74) is 0. The highest BCUT2D eigenvalue weighted by Gasteiger charge is 2.51. The Morgan fingerprint density at radius 2 is 2.00 bits per heavy atom. The zero-order valence-corrected chi connectivity index (χ0v) is 10.5. The van der Waals surface area contributed by atoms with Crippen LogP contribution in [0.5, 0.6) is 0 Å². The van der Waals surface area contributed by atoms with Crippen LogP contribution in [0.25, 0.3) is 0 Å². The van der Waals surface area contributed by atoms with Crippen LogP contribution in [0, 0.1) is 5.21 Å². The molecule has 0 aromatic heterocycles. The second kappa shape index (κ2) is 3.74. The number of hydrogen-bond acceptors (Lipinski definition) is 2. The number of benzene rings is 1. The molecule has 0 spiro atoms. The second-order valence-corrected chi connectivity index (χ2v) is 7.85.